The maximum absolute atomic E-state index is 13.1. The van der Waals surface area contributed by atoms with Crippen molar-refractivity contribution in [2.24, 2.45) is 52.3 Å². The zero-order valence-corrected chi connectivity index (χ0v) is 46.1. The summed E-state index contributed by atoms with van der Waals surface area (Å²) < 4.78 is 29.0. The van der Waals surface area contributed by atoms with Crippen LogP contribution in [0.4, 0.5) is 0 Å². The molecule has 9 nitrogen and oxygen atoms in total. The maximum atomic E-state index is 13.1. The molecular formula is C61H105NO8. The molecule has 0 amide bonds. The number of fused-ring (bicyclic) bond motifs is 5. The van der Waals surface area contributed by atoms with E-state index in [9.17, 15) is 14.4 Å². The number of carbonyl (C=O) groups is 3. The fourth-order valence-corrected chi connectivity index (χ4v) is 14.3. The van der Waals surface area contributed by atoms with Gasteiger partial charge in [-0.05, 0) is 149 Å². The second-order valence-electron chi connectivity index (χ2n) is 24.0. The maximum Gasteiger partial charge on any atom is 0.308 e. The zero-order valence-electron chi connectivity index (χ0n) is 46.1. The predicted molar refractivity (Wildman–Crippen MR) is 284 cm³/mol. The van der Waals surface area contributed by atoms with Crippen LogP contribution in [0, 0.1) is 52.3 Å². The van der Waals surface area contributed by atoms with Crippen molar-refractivity contribution < 1.29 is 38.1 Å². The van der Waals surface area contributed by atoms with E-state index in [1.54, 1.807) is 0 Å². The summed E-state index contributed by atoms with van der Waals surface area (Å²) >= 11 is 0. The normalized spacial score (nSPS) is 27.9. The number of piperidine rings is 1. The summed E-state index contributed by atoms with van der Waals surface area (Å²) in [5.41, 5.74) is 2.20. The Kier molecular flexibility index (Phi) is 26.4. The molecule has 0 bridgehead atoms. The van der Waals surface area contributed by atoms with Crippen molar-refractivity contribution in [1.29, 1.82) is 0 Å². The van der Waals surface area contributed by atoms with Gasteiger partial charge in [0.15, 0.2) is 0 Å². The van der Waals surface area contributed by atoms with Crippen LogP contribution in [0.5, 0.6) is 0 Å². The van der Waals surface area contributed by atoms with E-state index < -0.39 is 5.97 Å². The number of hydrogen-bond acceptors (Lipinski definition) is 9. The molecule has 402 valence electrons. The van der Waals surface area contributed by atoms with E-state index >= 15 is 0 Å². The van der Waals surface area contributed by atoms with E-state index in [1.807, 2.05) is 0 Å². The van der Waals surface area contributed by atoms with Gasteiger partial charge in [-0.15, -0.1) is 0 Å². The second-order valence-corrected chi connectivity index (χ2v) is 24.0. The Hall–Kier alpha value is -2.23. The molecule has 0 aromatic rings. The van der Waals surface area contributed by atoms with Gasteiger partial charge in [-0.1, -0.05) is 142 Å². The average molecular weight is 981 g/mol. The number of allylic oxidation sites excluding steroid dienone is 3. The molecular weight excluding hydrogens is 875 g/mol. The molecule has 3 saturated carbocycles. The minimum absolute atomic E-state index is 0.00521. The first kappa shape index (κ1) is 58.7. The summed E-state index contributed by atoms with van der Waals surface area (Å²) in [7, 11) is 1.46. The highest BCUT2D eigenvalue weighted by atomic mass is 16.6. The minimum Gasteiger partial charge on any atom is -0.469 e. The highest BCUT2D eigenvalue weighted by molar-refractivity contribution is 5.77. The van der Waals surface area contributed by atoms with Crippen LogP contribution in [0.2, 0.25) is 0 Å². The number of methoxy groups -OCH3 is 1. The number of likely N-dealkylation sites (tertiary alicyclic amines) is 1. The predicted octanol–water partition coefficient (Wildman–Crippen LogP) is 14.6. The Morgan fingerprint density at radius 2 is 1.43 bits per heavy atom. The summed E-state index contributed by atoms with van der Waals surface area (Å²) in [5, 5.41) is 0. The van der Waals surface area contributed by atoms with E-state index in [0.717, 1.165) is 87.1 Å². The SMILES string of the molecule is CCCCCCCCC=CCCCCCCCCOCC(CN1CCC(C(=O)OC)CC1)OCCOC(=O)CCC(=O)O[C@H]1CC[C@@]2(C)C(=CC[C@H]3[C@@H]4CC[C@H]([C@H](C)CCCC(C)C)[C@@]4(C)CC[C@@H]32)C1. The highest BCUT2D eigenvalue weighted by Crippen LogP contribution is 2.67. The van der Waals surface area contributed by atoms with Crippen molar-refractivity contribution >= 4 is 17.9 Å². The lowest BCUT2D eigenvalue weighted by molar-refractivity contribution is -0.156. The lowest BCUT2D eigenvalue weighted by Crippen LogP contribution is -2.51. The topological polar surface area (TPSA) is 101 Å². The van der Waals surface area contributed by atoms with Crippen molar-refractivity contribution in [2.45, 2.75) is 240 Å². The first-order valence-electron chi connectivity index (χ1n) is 29.6. The molecule has 4 aliphatic carbocycles. The van der Waals surface area contributed by atoms with Gasteiger partial charge in [-0.2, -0.15) is 0 Å². The van der Waals surface area contributed by atoms with Crippen LogP contribution < -0.4 is 0 Å². The summed E-state index contributed by atoms with van der Waals surface area (Å²) in [6, 6.07) is 0. The van der Waals surface area contributed by atoms with Gasteiger partial charge in [0.25, 0.3) is 0 Å². The second kappa shape index (κ2) is 31.5. The van der Waals surface area contributed by atoms with E-state index in [4.69, 9.17) is 23.7 Å². The molecule has 1 heterocycles. The molecule has 5 aliphatic rings. The lowest BCUT2D eigenvalue weighted by Gasteiger charge is -2.58. The van der Waals surface area contributed by atoms with Gasteiger partial charge < -0.3 is 28.6 Å². The Morgan fingerprint density at radius 3 is 2.13 bits per heavy atom. The van der Waals surface area contributed by atoms with Crippen LogP contribution in [-0.4, -0.2) is 88.2 Å². The van der Waals surface area contributed by atoms with Crippen LogP contribution >= 0.6 is 0 Å². The molecule has 0 radical (unpaired) electrons. The number of carbonyl (C=O) groups excluding carboxylic acids is 3. The highest BCUT2D eigenvalue weighted by Gasteiger charge is 2.59. The average Bonchev–Trinajstić information content (AvgIpc) is 3.71. The van der Waals surface area contributed by atoms with Gasteiger partial charge in [-0.25, -0.2) is 0 Å². The molecule has 0 N–H and O–H groups in total. The number of unbranched alkanes of at least 4 members (excludes halogenated alkanes) is 12. The van der Waals surface area contributed by atoms with E-state index in [1.165, 1.54) is 148 Å². The molecule has 1 aliphatic heterocycles. The van der Waals surface area contributed by atoms with Gasteiger partial charge in [0.05, 0.1) is 45.2 Å². The third kappa shape index (κ3) is 18.6. The number of esters is 3. The lowest BCUT2D eigenvalue weighted by atomic mass is 9.47. The molecule has 4 fully saturated rings. The van der Waals surface area contributed by atoms with Gasteiger partial charge >= 0.3 is 17.9 Å². The molecule has 0 spiro atoms. The number of nitrogens with zero attached hydrogens (tertiary/aromatic N) is 1. The Balaban J connectivity index is 0.951. The molecule has 1 saturated heterocycles. The van der Waals surface area contributed by atoms with Crippen LogP contribution in [0.1, 0.15) is 228 Å². The summed E-state index contributed by atoms with van der Waals surface area (Å²) in [5.74, 6) is 3.95. The fraction of sp³-hybridized carbons (Fsp3) is 0.885. The number of rotatable bonds is 34. The Bertz CT molecular complexity index is 1570. The molecule has 1 unspecified atom stereocenters. The van der Waals surface area contributed by atoms with E-state index in [0.29, 0.717) is 25.2 Å². The van der Waals surface area contributed by atoms with Gasteiger partial charge in [0, 0.05) is 19.6 Å². The van der Waals surface area contributed by atoms with Crippen molar-refractivity contribution in [3.05, 3.63) is 23.8 Å². The minimum atomic E-state index is -0.404. The van der Waals surface area contributed by atoms with Crippen LogP contribution in [0.25, 0.3) is 0 Å². The van der Waals surface area contributed by atoms with Crippen molar-refractivity contribution in [2.75, 3.05) is 53.2 Å². The summed E-state index contributed by atoms with van der Waals surface area (Å²) in [6.45, 7) is 18.6. The molecule has 9 heteroatoms. The molecule has 70 heavy (non-hydrogen) atoms. The third-order valence-electron chi connectivity index (χ3n) is 18.5. The van der Waals surface area contributed by atoms with Gasteiger partial charge in [0.2, 0.25) is 0 Å². The van der Waals surface area contributed by atoms with E-state index in [-0.39, 0.29) is 61.5 Å². The van der Waals surface area contributed by atoms with Crippen molar-refractivity contribution in [3.8, 4) is 0 Å². The monoisotopic (exact) mass is 980 g/mol. The quantitative estimate of drug-likeness (QED) is 0.0270. The van der Waals surface area contributed by atoms with E-state index in [2.05, 4.69) is 64.7 Å². The third-order valence-corrected chi connectivity index (χ3v) is 18.5. The fourth-order valence-electron chi connectivity index (χ4n) is 14.3. The summed E-state index contributed by atoms with van der Waals surface area (Å²) in [4.78, 5) is 40.3. The van der Waals surface area contributed by atoms with Gasteiger partial charge in [0.1, 0.15) is 12.7 Å². The largest absolute Gasteiger partial charge is 0.469 e. The Morgan fingerprint density at radius 1 is 0.743 bits per heavy atom. The van der Waals surface area contributed by atoms with Gasteiger partial charge in [-0.3, -0.25) is 14.4 Å². The van der Waals surface area contributed by atoms with Crippen molar-refractivity contribution in [1.82, 2.24) is 4.90 Å². The molecule has 9 atom stereocenters. The number of ether oxygens (including phenoxy) is 5. The number of hydrogen-bond donors (Lipinski definition) is 0. The van der Waals surface area contributed by atoms with Crippen LogP contribution in [0.3, 0.4) is 0 Å². The zero-order chi connectivity index (χ0) is 50.2. The Labute approximate surface area is 428 Å². The first-order valence-corrected chi connectivity index (χ1v) is 29.6. The van der Waals surface area contributed by atoms with Crippen LogP contribution in [-0.2, 0) is 38.1 Å². The van der Waals surface area contributed by atoms with Crippen molar-refractivity contribution in [3.63, 3.8) is 0 Å². The summed E-state index contributed by atoms with van der Waals surface area (Å²) in [6.07, 6.45) is 40.1. The molecule has 0 aromatic heterocycles. The smallest absolute Gasteiger partial charge is 0.308 e. The van der Waals surface area contributed by atoms with Crippen LogP contribution in [0.15, 0.2) is 23.8 Å². The molecule has 0 aromatic carbocycles. The first-order chi connectivity index (χ1) is 33.9. The molecule has 5 rings (SSSR count). The standard InChI is InChI=1S/C61H105NO8/c1-8-9-10-11-12-13-14-15-16-17-18-19-20-21-22-23-41-67-46-52(45-62-39-35-49(36-40-62)59(65)66-7)68-42-43-69-57(63)31-32-58(64)70-51-33-37-60(5)50(44-51)27-28-53-55-30-29-54(48(4)26-24-25-47(2)3)61(55,6)38-34-56(53)60/h15-16,27,47-49,51-56H,8-14,17-26,28-46H2,1-7H3/t48-,51+,52?,53+,54-,55+,56+,60+,61-/m1/s1.